The summed E-state index contributed by atoms with van der Waals surface area (Å²) in [6.45, 7) is 2.02. The summed E-state index contributed by atoms with van der Waals surface area (Å²) in [6.07, 6.45) is -0.527. The summed E-state index contributed by atoms with van der Waals surface area (Å²) in [5.41, 5.74) is 1.98. The van der Waals surface area contributed by atoms with Crippen molar-refractivity contribution >= 4 is 17.4 Å². The number of ether oxygens (including phenoxy) is 1. The minimum atomic E-state index is -0.527. The van der Waals surface area contributed by atoms with Gasteiger partial charge in [-0.2, -0.15) is 0 Å². The van der Waals surface area contributed by atoms with Gasteiger partial charge in [-0.05, 0) is 29.5 Å². The molecule has 0 saturated carbocycles. The van der Waals surface area contributed by atoms with Crippen molar-refractivity contribution in [3.8, 4) is 0 Å². The molecule has 1 unspecified atom stereocenters. The number of carbonyl (C=O) groups excluding carboxylic acids is 1. The van der Waals surface area contributed by atoms with Gasteiger partial charge in [0, 0.05) is 4.88 Å². The van der Waals surface area contributed by atoms with Gasteiger partial charge in [0.15, 0.2) is 0 Å². The average Bonchev–Trinajstić information content (AvgIpc) is 2.90. The third kappa shape index (κ3) is 3.82. The van der Waals surface area contributed by atoms with Crippen molar-refractivity contribution in [1.29, 1.82) is 0 Å². The summed E-state index contributed by atoms with van der Waals surface area (Å²) >= 11 is 1.51. The highest BCUT2D eigenvalue weighted by Crippen LogP contribution is 2.23. The molecule has 1 aromatic carbocycles. The van der Waals surface area contributed by atoms with Crippen molar-refractivity contribution in [3.63, 3.8) is 0 Å². The van der Waals surface area contributed by atoms with Crippen LogP contribution in [0.4, 0.5) is 4.79 Å². The molecule has 106 valence electrons. The molecule has 5 heteroatoms. The van der Waals surface area contributed by atoms with E-state index in [1.807, 2.05) is 48.7 Å². The molecule has 0 aliphatic heterocycles. The minimum absolute atomic E-state index is 0.151. The van der Waals surface area contributed by atoms with Gasteiger partial charge in [0.05, 0.1) is 12.6 Å². The van der Waals surface area contributed by atoms with Crippen molar-refractivity contribution in [2.24, 2.45) is 0 Å². The van der Waals surface area contributed by atoms with Crippen LogP contribution < -0.4 is 5.32 Å². The number of rotatable bonds is 5. The molecule has 1 heterocycles. The van der Waals surface area contributed by atoms with Gasteiger partial charge in [-0.1, -0.05) is 30.3 Å². The quantitative estimate of drug-likeness (QED) is 0.890. The molecule has 0 bridgehead atoms. The standard InChI is InChI=1S/C15H17NO3S/c1-11-7-8-20-14(11)13(9-17)16-15(18)19-10-12-5-3-2-4-6-12/h2-8,13,17H,9-10H2,1H3,(H,16,18). The van der Waals surface area contributed by atoms with E-state index < -0.39 is 12.1 Å². The molecule has 0 aliphatic rings. The smallest absolute Gasteiger partial charge is 0.408 e. The largest absolute Gasteiger partial charge is 0.445 e. The zero-order valence-corrected chi connectivity index (χ0v) is 12.0. The summed E-state index contributed by atoms with van der Waals surface area (Å²) in [5, 5.41) is 14.0. The summed E-state index contributed by atoms with van der Waals surface area (Å²) in [6, 6.07) is 11.0. The van der Waals surface area contributed by atoms with Crippen LogP contribution in [0.15, 0.2) is 41.8 Å². The lowest BCUT2D eigenvalue weighted by molar-refractivity contribution is 0.129. The first kappa shape index (κ1) is 14.6. The van der Waals surface area contributed by atoms with E-state index in [4.69, 9.17) is 4.74 Å². The highest BCUT2D eigenvalue weighted by Gasteiger charge is 2.17. The molecular weight excluding hydrogens is 274 g/mol. The third-order valence-corrected chi connectivity index (χ3v) is 4.04. The summed E-state index contributed by atoms with van der Waals surface area (Å²) in [4.78, 5) is 12.7. The van der Waals surface area contributed by atoms with E-state index in [0.29, 0.717) is 0 Å². The number of alkyl carbamates (subject to hydrolysis) is 1. The van der Waals surface area contributed by atoms with Gasteiger partial charge in [0.2, 0.25) is 0 Å². The fourth-order valence-electron chi connectivity index (χ4n) is 1.84. The van der Waals surface area contributed by atoms with Gasteiger partial charge in [-0.25, -0.2) is 4.79 Å². The minimum Gasteiger partial charge on any atom is -0.445 e. The van der Waals surface area contributed by atoms with Crippen LogP contribution >= 0.6 is 11.3 Å². The lowest BCUT2D eigenvalue weighted by Gasteiger charge is -2.16. The molecule has 1 aromatic heterocycles. The molecular formula is C15H17NO3S. The Bertz CT molecular complexity index is 553. The van der Waals surface area contributed by atoms with E-state index in [9.17, 15) is 9.90 Å². The highest BCUT2D eigenvalue weighted by molar-refractivity contribution is 7.10. The predicted molar refractivity (Wildman–Crippen MR) is 78.6 cm³/mol. The van der Waals surface area contributed by atoms with Crippen LogP contribution in [0, 0.1) is 6.92 Å². The Morgan fingerprint density at radius 1 is 1.35 bits per heavy atom. The highest BCUT2D eigenvalue weighted by atomic mass is 32.1. The molecule has 2 aromatic rings. The Balaban J connectivity index is 1.88. The van der Waals surface area contributed by atoms with Crippen molar-refractivity contribution in [1.82, 2.24) is 5.32 Å². The molecule has 0 saturated heterocycles. The van der Waals surface area contributed by atoms with Crippen LogP contribution in [-0.4, -0.2) is 17.8 Å². The Kier molecular flexibility index (Phi) is 5.15. The number of nitrogens with one attached hydrogen (secondary N) is 1. The number of hydrogen-bond acceptors (Lipinski definition) is 4. The summed E-state index contributed by atoms with van der Waals surface area (Å²) in [7, 11) is 0. The lowest BCUT2D eigenvalue weighted by Crippen LogP contribution is -2.31. The van der Waals surface area contributed by atoms with Crippen LogP contribution in [-0.2, 0) is 11.3 Å². The van der Waals surface area contributed by atoms with E-state index in [2.05, 4.69) is 5.32 Å². The molecule has 20 heavy (non-hydrogen) atoms. The average molecular weight is 291 g/mol. The normalized spacial score (nSPS) is 11.9. The molecule has 2 N–H and O–H groups in total. The maximum atomic E-state index is 11.8. The maximum absolute atomic E-state index is 11.8. The second kappa shape index (κ2) is 7.07. The number of thiophene rings is 1. The topological polar surface area (TPSA) is 58.6 Å². The summed E-state index contributed by atoms with van der Waals surface area (Å²) < 4.78 is 5.14. The van der Waals surface area contributed by atoms with Crippen LogP contribution in [0.25, 0.3) is 0 Å². The van der Waals surface area contributed by atoms with E-state index in [1.165, 1.54) is 11.3 Å². The predicted octanol–water partition coefficient (Wildman–Crippen LogP) is 3.02. The fourth-order valence-corrected chi connectivity index (χ4v) is 2.81. The second-order valence-corrected chi connectivity index (χ2v) is 5.36. The van der Waals surface area contributed by atoms with Crippen LogP contribution in [0.5, 0.6) is 0 Å². The van der Waals surface area contributed by atoms with Gasteiger partial charge in [-0.15, -0.1) is 11.3 Å². The Labute approximate surface area is 122 Å². The van der Waals surface area contributed by atoms with E-state index in [-0.39, 0.29) is 13.2 Å². The molecule has 1 amide bonds. The molecule has 4 nitrogen and oxygen atoms in total. The van der Waals surface area contributed by atoms with Crippen LogP contribution in [0.3, 0.4) is 0 Å². The van der Waals surface area contributed by atoms with Gasteiger partial charge < -0.3 is 15.2 Å². The Morgan fingerprint density at radius 3 is 2.70 bits per heavy atom. The number of aryl methyl sites for hydroxylation is 1. The van der Waals surface area contributed by atoms with E-state index in [0.717, 1.165) is 16.0 Å². The van der Waals surface area contributed by atoms with Gasteiger partial charge in [0.1, 0.15) is 6.61 Å². The second-order valence-electron chi connectivity index (χ2n) is 4.41. The first-order valence-electron chi connectivity index (χ1n) is 6.32. The fraction of sp³-hybridized carbons (Fsp3) is 0.267. The first-order chi connectivity index (χ1) is 9.70. The zero-order valence-electron chi connectivity index (χ0n) is 11.2. The molecule has 1 atom stereocenters. The Morgan fingerprint density at radius 2 is 2.10 bits per heavy atom. The molecule has 0 aliphatic carbocycles. The van der Waals surface area contributed by atoms with Crippen LogP contribution in [0.2, 0.25) is 0 Å². The van der Waals surface area contributed by atoms with Crippen molar-refractivity contribution < 1.29 is 14.6 Å². The first-order valence-corrected chi connectivity index (χ1v) is 7.20. The monoisotopic (exact) mass is 291 g/mol. The van der Waals surface area contributed by atoms with Gasteiger partial charge in [-0.3, -0.25) is 0 Å². The third-order valence-electron chi connectivity index (χ3n) is 2.91. The number of aliphatic hydroxyl groups is 1. The molecule has 0 spiro atoms. The number of hydrogen-bond donors (Lipinski definition) is 2. The van der Waals surface area contributed by atoms with Crippen LogP contribution in [0.1, 0.15) is 22.0 Å². The number of benzene rings is 1. The SMILES string of the molecule is Cc1ccsc1C(CO)NC(=O)OCc1ccccc1. The zero-order chi connectivity index (χ0) is 14.4. The van der Waals surface area contributed by atoms with Crippen molar-refractivity contribution in [2.75, 3.05) is 6.61 Å². The van der Waals surface area contributed by atoms with Gasteiger partial charge in [0.25, 0.3) is 0 Å². The van der Waals surface area contributed by atoms with Crippen molar-refractivity contribution in [3.05, 3.63) is 57.8 Å². The Hall–Kier alpha value is -1.85. The van der Waals surface area contributed by atoms with E-state index >= 15 is 0 Å². The number of aliphatic hydroxyl groups excluding tert-OH is 1. The van der Waals surface area contributed by atoms with E-state index in [1.54, 1.807) is 0 Å². The maximum Gasteiger partial charge on any atom is 0.408 e. The number of carbonyl (C=O) groups is 1. The number of amides is 1. The van der Waals surface area contributed by atoms with Gasteiger partial charge >= 0.3 is 6.09 Å². The lowest BCUT2D eigenvalue weighted by atomic mass is 10.2. The molecule has 0 fully saturated rings. The molecule has 2 rings (SSSR count). The summed E-state index contributed by atoms with van der Waals surface area (Å²) in [5.74, 6) is 0. The molecule has 0 radical (unpaired) electrons. The van der Waals surface area contributed by atoms with Crippen molar-refractivity contribution in [2.45, 2.75) is 19.6 Å².